The van der Waals surface area contributed by atoms with Gasteiger partial charge >= 0.3 is 11.9 Å². The largest absolute Gasteiger partial charge is 0.462 e. The fourth-order valence-electron chi connectivity index (χ4n) is 2.99. The van der Waals surface area contributed by atoms with Crippen LogP contribution in [0.2, 0.25) is 0 Å². The molecule has 0 unspecified atom stereocenters. The van der Waals surface area contributed by atoms with Crippen LogP contribution in [-0.2, 0) is 15.9 Å². The second kappa shape index (κ2) is 9.88. The minimum atomic E-state index is -0.677. The van der Waals surface area contributed by atoms with Crippen LogP contribution in [0.5, 0.6) is 0 Å². The Labute approximate surface area is 165 Å². The van der Waals surface area contributed by atoms with Gasteiger partial charge in [0.2, 0.25) is 0 Å². The molecule has 0 saturated carbocycles. The molecule has 0 radical (unpaired) electrons. The maximum absolute atomic E-state index is 12.4. The lowest BCUT2D eigenvalue weighted by molar-refractivity contribution is 0.0468. The summed E-state index contributed by atoms with van der Waals surface area (Å²) in [6, 6.07) is 7.36. The molecule has 1 aromatic heterocycles. The Balaban J connectivity index is 2.01. The zero-order chi connectivity index (χ0) is 20.7. The van der Waals surface area contributed by atoms with Crippen molar-refractivity contribution < 1.29 is 23.9 Å². The summed E-state index contributed by atoms with van der Waals surface area (Å²) < 4.78 is 10.2. The Morgan fingerprint density at radius 3 is 2.25 bits per heavy atom. The predicted molar refractivity (Wildman–Crippen MR) is 106 cm³/mol. The van der Waals surface area contributed by atoms with E-state index < -0.39 is 11.9 Å². The highest BCUT2D eigenvalue weighted by atomic mass is 16.5. The van der Waals surface area contributed by atoms with Gasteiger partial charge in [0.15, 0.2) is 12.4 Å². The van der Waals surface area contributed by atoms with Crippen molar-refractivity contribution in [2.75, 3.05) is 13.2 Å². The molecule has 150 valence electrons. The minimum absolute atomic E-state index is 0.156. The monoisotopic (exact) mass is 385 g/mol. The molecular formula is C22H27NO5. The second-order valence-corrected chi connectivity index (χ2v) is 6.65. The van der Waals surface area contributed by atoms with Crippen molar-refractivity contribution in [3.05, 3.63) is 57.9 Å². The first-order chi connectivity index (χ1) is 13.4. The van der Waals surface area contributed by atoms with Gasteiger partial charge in [-0.05, 0) is 44.7 Å². The van der Waals surface area contributed by atoms with Gasteiger partial charge in [0.25, 0.3) is 0 Å². The number of H-pyrrole nitrogens is 1. The molecule has 1 aromatic carbocycles. The smallest absolute Gasteiger partial charge is 0.355 e. The van der Waals surface area contributed by atoms with E-state index in [1.54, 1.807) is 32.9 Å². The van der Waals surface area contributed by atoms with Crippen molar-refractivity contribution in [2.45, 2.75) is 47.0 Å². The number of benzene rings is 1. The SMILES string of the molecule is CCCCc1ccc(C(=O)COC(=O)c2[nH]c(C)c(C(=O)OCC)c2C)cc1. The number of aromatic amines is 1. The Hall–Kier alpha value is -2.89. The standard InChI is InChI=1S/C22H27NO5/c1-5-7-8-16-9-11-17(12-10-16)18(24)13-28-22(26)20-14(3)19(15(4)23-20)21(25)27-6-2/h9-12,23H,5-8,13H2,1-4H3. The molecule has 28 heavy (non-hydrogen) atoms. The molecule has 6 nitrogen and oxygen atoms in total. The van der Waals surface area contributed by atoms with Crippen LogP contribution in [-0.4, -0.2) is 35.9 Å². The van der Waals surface area contributed by atoms with Crippen LogP contribution in [0.15, 0.2) is 24.3 Å². The second-order valence-electron chi connectivity index (χ2n) is 6.65. The van der Waals surface area contributed by atoms with Crippen LogP contribution in [0, 0.1) is 13.8 Å². The third kappa shape index (κ3) is 5.09. The number of aryl methyl sites for hydroxylation is 2. The van der Waals surface area contributed by atoms with Crippen LogP contribution in [0.3, 0.4) is 0 Å². The molecule has 2 aromatic rings. The maximum atomic E-state index is 12.4. The first-order valence-electron chi connectivity index (χ1n) is 9.54. The number of unbranched alkanes of at least 4 members (excludes halogenated alkanes) is 1. The highest BCUT2D eigenvalue weighted by Crippen LogP contribution is 2.20. The topological polar surface area (TPSA) is 85.5 Å². The highest BCUT2D eigenvalue weighted by molar-refractivity contribution is 6.01. The van der Waals surface area contributed by atoms with E-state index in [0.29, 0.717) is 22.4 Å². The van der Waals surface area contributed by atoms with Gasteiger partial charge in [-0.1, -0.05) is 37.6 Å². The Morgan fingerprint density at radius 1 is 0.964 bits per heavy atom. The molecule has 0 atom stereocenters. The van der Waals surface area contributed by atoms with Gasteiger partial charge in [0, 0.05) is 11.3 Å². The number of carbonyl (C=O) groups is 3. The summed E-state index contributed by atoms with van der Waals surface area (Å²) in [5.41, 5.74) is 3.13. The summed E-state index contributed by atoms with van der Waals surface area (Å²) in [5, 5.41) is 0. The summed E-state index contributed by atoms with van der Waals surface area (Å²) in [6.45, 7) is 7.06. The minimum Gasteiger partial charge on any atom is -0.462 e. The van der Waals surface area contributed by atoms with Crippen LogP contribution in [0.1, 0.15) is 74.7 Å². The van der Waals surface area contributed by atoms with Crippen molar-refractivity contribution >= 4 is 17.7 Å². The molecule has 0 saturated heterocycles. The van der Waals surface area contributed by atoms with Crippen LogP contribution in [0.25, 0.3) is 0 Å². The zero-order valence-corrected chi connectivity index (χ0v) is 16.9. The van der Waals surface area contributed by atoms with Gasteiger partial charge in [-0.2, -0.15) is 0 Å². The van der Waals surface area contributed by atoms with Crippen molar-refractivity contribution in [3.63, 3.8) is 0 Å². The molecule has 0 aliphatic rings. The van der Waals surface area contributed by atoms with Crippen molar-refractivity contribution in [2.24, 2.45) is 0 Å². The number of Topliss-reactive ketones (excluding diaryl/α,β-unsaturated/α-hetero) is 1. The number of rotatable bonds is 9. The molecule has 0 aliphatic carbocycles. The molecule has 0 aliphatic heterocycles. The van der Waals surface area contributed by atoms with Gasteiger partial charge < -0.3 is 14.5 Å². The molecule has 6 heteroatoms. The Kier molecular flexibility index (Phi) is 7.55. The highest BCUT2D eigenvalue weighted by Gasteiger charge is 2.24. The summed E-state index contributed by atoms with van der Waals surface area (Å²) in [4.78, 5) is 39.5. The number of nitrogens with one attached hydrogen (secondary N) is 1. The number of ether oxygens (including phenoxy) is 2. The van der Waals surface area contributed by atoms with Gasteiger partial charge in [-0.25, -0.2) is 9.59 Å². The first-order valence-corrected chi connectivity index (χ1v) is 9.54. The third-order valence-corrected chi connectivity index (χ3v) is 4.55. The molecule has 1 N–H and O–H groups in total. The van der Waals surface area contributed by atoms with Crippen molar-refractivity contribution in [1.82, 2.24) is 4.98 Å². The van der Waals surface area contributed by atoms with Crippen LogP contribution >= 0.6 is 0 Å². The number of hydrogen-bond donors (Lipinski definition) is 1. The summed E-state index contributed by atoms with van der Waals surface area (Å²) in [5.74, 6) is -1.45. The third-order valence-electron chi connectivity index (χ3n) is 4.55. The number of aromatic nitrogens is 1. The quantitative estimate of drug-likeness (QED) is 0.517. The zero-order valence-electron chi connectivity index (χ0n) is 16.9. The maximum Gasteiger partial charge on any atom is 0.355 e. The first kappa shape index (κ1) is 21.4. The van der Waals surface area contributed by atoms with Crippen LogP contribution in [0.4, 0.5) is 0 Å². The van der Waals surface area contributed by atoms with E-state index in [-0.39, 0.29) is 24.7 Å². The molecule has 0 fully saturated rings. The van der Waals surface area contributed by atoms with E-state index >= 15 is 0 Å². The fourth-order valence-corrected chi connectivity index (χ4v) is 2.99. The molecule has 0 bridgehead atoms. The van der Waals surface area contributed by atoms with Gasteiger partial charge in [-0.15, -0.1) is 0 Å². The lowest BCUT2D eigenvalue weighted by Gasteiger charge is -2.06. The van der Waals surface area contributed by atoms with E-state index in [0.717, 1.165) is 19.3 Å². The Morgan fingerprint density at radius 2 is 1.64 bits per heavy atom. The van der Waals surface area contributed by atoms with E-state index in [9.17, 15) is 14.4 Å². The summed E-state index contributed by atoms with van der Waals surface area (Å²) >= 11 is 0. The average Bonchev–Trinajstić information content (AvgIpc) is 2.99. The average molecular weight is 385 g/mol. The predicted octanol–water partition coefficient (Wildman–Crippen LogP) is 4.19. The van der Waals surface area contributed by atoms with E-state index in [2.05, 4.69) is 11.9 Å². The number of esters is 2. The molecular weight excluding hydrogens is 358 g/mol. The summed E-state index contributed by atoms with van der Waals surface area (Å²) in [6.07, 6.45) is 3.20. The van der Waals surface area contributed by atoms with Crippen molar-refractivity contribution in [3.8, 4) is 0 Å². The van der Waals surface area contributed by atoms with E-state index in [1.807, 2.05) is 12.1 Å². The number of hydrogen-bond acceptors (Lipinski definition) is 5. The molecule has 0 amide bonds. The van der Waals surface area contributed by atoms with E-state index in [1.165, 1.54) is 5.56 Å². The van der Waals surface area contributed by atoms with Crippen molar-refractivity contribution in [1.29, 1.82) is 0 Å². The number of ketones is 1. The van der Waals surface area contributed by atoms with Gasteiger partial charge in [0.1, 0.15) is 5.69 Å². The molecule has 2 rings (SSSR count). The van der Waals surface area contributed by atoms with E-state index in [4.69, 9.17) is 9.47 Å². The molecule has 1 heterocycles. The van der Waals surface area contributed by atoms with Gasteiger partial charge in [0.05, 0.1) is 12.2 Å². The summed E-state index contributed by atoms with van der Waals surface area (Å²) in [7, 11) is 0. The number of carbonyl (C=O) groups excluding carboxylic acids is 3. The Bertz CT molecular complexity index is 849. The lowest BCUT2D eigenvalue weighted by atomic mass is 10.0. The van der Waals surface area contributed by atoms with Gasteiger partial charge in [-0.3, -0.25) is 4.79 Å². The molecule has 0 spiro atoms. The fraction of sp³-hybridized carbons (Fsp3) is 0.409. The lowest BCUT2D eigenvalue weighted by Crippen LogP contribution is -2.15. The van der Waals surface area contributed by atoms with Crippen LogP contribution < -0.4 is 0 Å². The normalized spacial score (nSPS) is 10.6.